The molecule has 1 aromatic carbocycles. The number of hydrogen-bond donors (Lipinski definition) is 0. The summed E-state index contributed by atoms with van der Waals surface area (Å²) in [5.74, 6) is 1.05. The Morgan fingerprint density at radius 3 is 2.52 bits per heavy atom. The number of hydrogen-bond acceptors (Lipinski definition) is 7. The summed E-state index contributed by atoms with van der Waals surface area (Å²) in [5.41, 5.74) is 3.66. The first-order valence-corrected chi connectivity index (χ1v) is 10.6. The van der Waals surface area contributed by atoms with E-state index in [9.17, 15) is 0 Å². The number of halogens is 1. The number of likely N-dealkylation sites (tertiary alicyclic amines) is 1. The smallest absolute Gasteiger partial charge is 0.228 e. The predicted molar refractivity (Wildman–Crippen MR) is 111 cm³/mol. The lowest BCUT2D eigenvalue weighted by atomic mass is 9.92. The van der Waals surface area contributed by atoms with Crippen molar-refractivity contribution in [2.24, 2.45) is 0 Å². The van der Waals surface area contributed by atoms with Crippen LogP contribution in [0.3, 0.4) is 0 Å². The number of morpholine rings is 1. The lowest BCUT2D eigenvalue weighted by molar-refractivity contribution is 0.122. The van der Waals surface area contributed by atoms with E-state index in [1.165, 1.54) is 5.56 Å². The van der Waals surface area contributed by atoms with E-state index in [4.69, 9.17) is 20.9 Å². The monoisotopic (exact) mass is 413 g/mol. The first-order valence-electron chi connectivity index (χ1n) is 10.2. The molecule has 0 aliphatic carbocycles. The Labute approximate surface area is 174 Å². The van der Waals surface area contributed by atoms with Gasteiger partial charge in [0.05, 0.1) is 13.2 Å². The van der Waals surface area contributed by atoms with Crippen LogP contribution >= 0.6 is 11.6 Å². The number of fused-ring (bicyclic) bond motifs is 1. The Hall–Kier alpha value is -2.22. The summed E-state index contributed by atoms with van der Waals surface area (Å²) in [7, 11) is 0. The molecule has 152 valence electrons. The molecule has 4 heterocycles. The SMILES string of the molecule is Clc1nc(N2CCOCC2)c2onc(C3CCN(Cc4ccccc4)CC3)c2n1. The maximum Gasteiger partial charge on any atom is 0.228 e. The van der Waals surface area contributed by atoms with Gasteiger partial charge in [0.2, 0.25) is 10.9 Å². The fourth-order valence-corrected chi connectivity index (χ4v) is 4.44. The molecule has 0 radical (unpaired) electrons. The highest BCUT2D eigenvalue weighted by Gasteiger charge is 2.29. The van der Waals surface area contributed by atoms with Crippen LogP contribution in [-0.2, 0) is 11.3 Å². The number of rotatable bonds is 4. The van der Waals surface area contributed by atoms with Crippen molar-refractivity contribution in [3.8, 4) is 0 Å². The molecule has 3 aromatic rings. The molecule has 0 unspecified atom stereocenters. The van der Waals surface area contributed by atoms with E-state index in [-0.39, 0.29) is 5.28 Å². The molecule has 5 rings (SSSR count). The Bertz CT molecular complexity index is 966. The fraction of sp³-hybridized carbons (Fsp3) is 0.476. The highest BCUT2D eigenvalue weighted by Crippen LogP contribution is 2.35. The Morgan fingerprint density at radius 1 is 1.00 bits per heavy atom. The highest BCUT2D eigenvalue weighted by atomic mass is 35.5. The molecular weight excluding hydrogens is 390 g/mol. The van der Waals surface area contributed by atoms with Gasteiger partial charge in [-0.25, -0.2) is 4.98 Å². The summed E-state index contributed by atoms with van der Waals surface area (Å²) in [6.07, 6.45) is 2.06. The van der Waals surface area contributed by atoms with Crippen molar-refractivity contribution in [3.63, 3.8) is 0 Å². The van der Waals surface area contributed by atoms with Crippen LogP contribution < -0.4 is 4.90 Å². The van der Waals surface area contributed by atoms with Crippen LogP contribution in [0.4, 0.5) is 5.82 Å². The molecular formula is C21H24ClN5O2. The lowest BCUT2D eigenvalue weighted by Gasteiger charge is -2.31. The van der Waals surface area contributed by atoms with Crippen molar-refractivity contribution in [1.82, 2.24) is 20.0 Å². The van der Waals surface area contributed by atoms with Crippen LogP contribution in [0.25, 0.3) is 11.1 Å². The van der Waals surface area contributed by atoms with E-state index in [0.29, 0.717) is 24.7 Å². The number of aromatic nitrogens is 3. The van der Waals surface area contributed by atoms with Crippen molar-refractivity contribution in [2.45, 2.75) is 25.3 Å². The maximum atomic E-state index is 6.27. The summed E-state index contributed by atoms with van der Waals surface area (Å²) in [6, 6.07) is 10.6. The zero-order valence-corrected chi connectivity index (χ0v) is 17.0. The third kappa shape index (κ3) is 3.95. The Kier molecular flexibility index (Phi) is 5.35. The van der Waals surface area contributed by atoms with E-state index in [1.807, 2.05) is 0 Å². The van der Waals surface area contributed by atoms with Gasteiger partial charge in [-0.1, -0.05) is 35.5 Å². The summed E-state index contributed by atoms with van der Waals surface area (Å²) in [6.45, 7) is 5.91. The van der Waals surface area contributed by atoms with E-state index in [1.54, 1.807) is 0 Å². The summed E-state index contributed by atoms with van der Waals surface area (Å²) in [4.78, 5) is 13.5. The van der Waals surface area contributed by atoms with Gasteiger partial charge in [-0.05, 0) is 43.1 Å². The first kappa shape index (κ1) is 18.8. The summed E-state index contributed by atoms with van der Waals surface area (Å²) >= 11 is 6.27. The van der Waals surface area contributed by atoms with Gasteiger partial charge in [0.15, 0.2) is 5.82 Å². The number of ether oxygens (including phenoxy) is 1. The third-order valence-electron chi connectivity index (χ3n) is 5.83. The van der Waals surface area contributed by atoms with Crippen molar-refractivity contribution >= 4 is 28.5 Å². The van der Waals surface area contributed by atoms with Gasteiger partial charge < -0.3 is 14.2 Å². The third-order valence-corrected chi connectivity index (χ3v) is 6.00. The van der Waals surface area contributed by atoms with Gasteiger partial charge in [0, 0.05) is 25.6 Å². The van der Waals surface area contributed by atoms with Crippen molar-refractivity contribution in [1.29, 1.82) is 0 Å². The minimum absolute atomic E-state index is 0.241. The quantitative estimate of drug-likeness (QED) is 0.606. The number of piperidine rings is 1. The van der Waals surface area contributed by atoms with Gasteiger partial charge in [0.1, 0.15) is 11.2 Å². The second-order valence-electron chi connectivity index (χ2n) is 7.70. The molecule has 29 heavy (non-hydrogen) atoms. The van der Waals surface area contributed by atoms with Crippen LogP contribution in [0, 0.1) is 0 Å². The average molecular weight is 414 g/mol. The van der Waals surface area contributed by atoms with Crippen LogP contribution in [0.5, 0.6) is 0 Å². The molecule has 2 aliphatic rings. The topological polar surface area (TPSA) is 67.5 Å². The summed E-state index contributed by atoms with van der Waals surface area (Å²) < 4.78 is 11.2. The van der Waals surface area contributed by atoms with E-state index < -0.39 is 0 Å². The molecule has 2 fully saturated rings. The van der Waals surface area contributed by atoms with Gasteiger partial charge in [-0.15, -0.1) is 0 Å². The minimum Gasteiger partial charge on any atom is -0.378 e. The maximum absolute atomic E-state index is 6.27. The Morgan fingerprint density at radius 2 is 1.76 bits per heavy atom. The number of nitrogens with zero attached hydrogens (tertiary/aromatic N) is 5. The molecule has 0 spiro atoms. The molecule has 0 atom stereocenters. The van der Waals surface area contributed by atoms with Crippen LogP contribution in [-0.4, -0.2) is 59.4 Å². The van der Waals surface area contributed by atoms with Crippen LogP contribution in [0.1, 0.15) is 30.0 Å². The van der Waals surface area contributed by atoms with Crippen molar-refractivity contribution in [2.75, 3.05) is 44.3 Å². The van der Waals surface area contributed by atoms with Crippen molar-refractivity contribution in [3.05, 3.63) is 46.9 Å². The highest BCUT2D eigenvalue weighted by molar-refractivity contribution is 6.28. The normalized spacial score (nSPS) is 19.1. The molecule has 0 amide bonds. The predicted octanol–water partition coefficient (Wildman–Crippen LogP) is 3.49. The Balaban J connectivity index is 1.34. The molecule has 0 N–H and O–H groups in total. The minimum atomic E-state index is 0.241. The fourth-order valence-electron chi connectivity index (χ4n) is 4.27. The van der Waals surface area contributed by atoms with Gasteiger partial charge >= 0.3 is 0 Å². The molecule has 0 bridgehead atoms. The van der Waals surface area contributed by atoms with Gasteiger partial charge in [-0.3, -0.25) is 4.90 Å². The molecule has 2 aliphatic heterocycles. The standard InChI is InChI=1S/C21H24ClN5O2/c22-21-23-18-17(25-29-19(18)20(24-21)27-10-12-28-13-11-27)16-6-8-26(9-7-16)14-15-4-2-1-3-5-15/h1-5,16H,6-14H2. The molecule has 2 saturated heterocycles. The van der Waals surface area contributed by atoms with Crippen molar-refractivity contribution < 1.29 is 9.26 Å². The van der Waals surface area contributed by atoms with Crippen LogP contribution in [0.15, 0.2) is 34.9 Å². The van der Waals surface area contributed by atoms with Crippen LogP contribution in [0.2, 0.25) is 5.28 Å². The van der Waals surface area contributed by atoms with Gasteiger partial charge in [0.25, 0.3) is 0 Å². The lowest BCUT2D eigenvalue weighted by Crippen LogP contribution is -2.37. The molecule has 0 saturated carbocycles. The van der Waals surface area contributed by atoms with E-state index in [0.717, 1.165) is 62.6 Å². The zero-order chi connectivity index (χ0) is 19.6. The summed E-state index contributed by atoms with van der Waals surface area (Å²) in [5, 5.41) is 4.65. The van der Waals surface area contributed by atoms with E-state index in [2.05, 4.69) is 55.3 Å². The largest absolute Gasteiger partial charge is 0.378 e. The molecule has 7 nitrogen and oxygen atoms in total. The first-order chi connectivity index (χ1) is 14.3. The molecule has 2 aromatic heterocycles. The number of benzene rings is 1. The van der Waals surface area contributed by atoms with E-state index >= 15 is 0 Å². The van der Waals surface area contributed by atoms with Gasteiger partial charge in [-0.2, -0.15) is 4.98 Å². The molecule has 8 heteroatoms. The second-order valence-corrected chi connectivity index (χ2v) is 8.04. The second kappa shape index (κ2) is 8.26. The average Bonchev–Trinajstić information content (AvgIpc) is 3.19. The zero-order valence-electron chi connectivity index (χ0n) is 16.3. The number of anilines is 1.